The van der Waals surface area contributed by atoms with Crippen LogP contribution in [0.25, 0.3) is 0 Å². The topological polar surface area (TPSA) is 101 Å². The average Bonchev–Trinajstić information content (AvgIpc) is 2.60. The molecule has 2 rings (SSSR count). The summed E-state index contributed by atoms with van der Waals surface area (Å²) in [4.78, 5) is 41.6. The molecule has 0 saturated heterocycles. The molecule has 2 aromatic rings. The average molecular weight is 361 g/mol. The summed E-state index contributed by atoms with van der Waals surface area (Å²) in [6.07, 6.45) is 0.842. The summed E-state index contributed by atoms with van der Waals surface area (Å²) < 4.78 is 4.55. The number of nitrogens with zero attached hydrogens (tertiary/aromatic N) is 1. The van der Waals surface area contributed by atoms with Crippen molar-refractivity contribution in [3.63, 3.8) is 0 Å². The van der Waals surface area contributed by atoms with Crippen molar-refractivity contribution in [2.45, 2.75) is 24.9 Å². The SMILES string of the molecule is CCc1ccc(NC(=O)CSc2nc(CC(=O)OC)cc(=O)[nH]2)cc1. The number of carbonyl (C=O) groups is 2. The van der Waals surface area contributed by atoms with Crippen molar-refractivity contribution in [2.75, 3.05) is 18.2 Å². The van der Waals surface area contributed by atoms with E-state index in [2.05, 4.69) is 26.9 Å². The van der Waals surface area contributed by atoms with Crippen LogP contribution in [0.15, 0.2) is 40.3 Å². The quantitative estimate of drug-likeness (QED) is 0.443. The number of thioether (sulfide) groups is 1. The highest BCUT2D eigenvalue weighted by molar-refractivity contribution is 7.99. The minimum Gasteiger partial charge on any atom is -0.469 e. The van der Waals surface area contributed by atoms with Gasteiger partial charge in [0.05, 0.1) is 25.0 Å². The molecule has 25 heavy (non-hydrogen) atoms. The number of carbonyl (C=O) groups excluding carboxylic acids is 2. The third-order valence-corrected chi connectivity index (χ3v) is 4.19. The van der Waals surface area contributed by atoms with Crippen molar-refractivity contribution in [1.82, 2.24) is 9.97 Å². The molecule has 8 heteroatoms. The zero-order valence-electron chi connectivity index (χ0n) is 14.0. The van der Waals surface area contributed by atoms with Gasteiger partial charge >= 0.3 is 5.97 Å². The summed E-state index contributed by atoms with van der Waals surface area (Å²) in [5.74, 6) is -0.613. The van der Waals surface area contributed by atoms with Gasteiger partial charge in [0.25, 0.3) is 5.56 Å². The number of methoxy groups -OCH3 is 1. The highest BCUT2D eigenvalue weighted by Gasteiger charge is 2.10. The van der Waals surface area contributed by atoms with Crippen LogP contribution in [0.4, 0.5) is 5.69 Å². The van der Waals surface area contributed by atoms with Gasteiger partial charge in [0.2, 0.25) is 5.91 Å². The second-order valence-electron chi connectivity index (χ2n) is 5.18. The molecule has 1 heterocycles. The lowest BCUT2D eigenvalue weighted by Crippen LogP contribution is -2.17. The number of esters is 1. The fraction of sp³-hybridized carbons (Fsp3) is 0.294. The van der Waals surface area contributed by atoms with Crippen molar-refractivity contribution < 1.29 is 14.3 Å². The Morgan fingerprint density at radius 3 is 2.64 bits per heavy atom. The highest BCUT2D eigenvalue weighted by atomic mass is 32.2. The van der Waals surface area contributed by atoms with Gasteiger partial charge in [-0.05, 0) is 24.1 Å². The van der Waals surface area contributed by atoms with Crippen LogP contribution >= 0.6 is 11.8 Å². The Hall–Kier alpha value is -2.61. The lowest BCUT2D eigenvalue weighted by molar-refractivity contribution is -0.139. The van der Waals surface area contributed by atoms with E-state index in [1.165, 1.54) is 18.7 Å². The zero-order valence-corrected chi connectivity index (χ0v) is 14.8. The molecule has 1 amide bonds. The Balaban J connectivity index is 1.94. The first-order valence-corrected chi connectivity index (χ1v) is 8.67. The number of H-pyrrole nitrogens is 1. The Morgan fingerprint density at radius 1 is 1.28 bits per heavy atom. The number of anilines is 1. The molecule has 0 bridgehead atoms. The fourth-order valence-electron chi connectivity index (χ4n) is 2.02. The maximum absolute atomic E-state index is 12.0. The standard InChI is InChI=1S/C17H19N3O4S/c1-3-11-4-6-12(7-5-11)18-15(22)10-25-17-19-13(8-14(21)20-17)9-16(23)24-2/h4-8H,3,9-10H2,1-2H3,(H,18,22)(H,19,20,21). The van der Waals surface area contributed by atoms with Gasteiger partial charge in [-0.1, -0.05) is 30.8 Å². The summed E-state index contributed by atoms with van der Waals surface area (Å²) in [7, 11) is 1.27. The Kier molecular flexibility index (Phi) is 6.76. The number of nitrogens with one attached hydrogen (secondary N) is 2. The number of benzene rings is 1. The van der Waals surface area contributed by atoms with Crippen LogP contribution in [-0.2, 0) is 27.2 Å². The minimum atomic E-state index is -0.484. The minimum absolute atomic E-state index is 0.0835. The number of ether oxygens (including phenoxy) is 1. The molecule has 0 radical (unpaired) electrons. The number of rotatable bonds is 7. The van der Waals surface area contributed by atoms with Crippen LogP contribution < -0.4 is 10.9 Å². The highest BCUT2D eigenvalue weighted by Crippen LogP contribution is 2.14. The molecule has 1 aromatic carbocycles. The predicted octanol–water partition coefficient (Wildman–Crippen LogP) is 1.78. The molecule has 0 aliphatic heterocycles. The van der Waals surface area contributed by atoms with Crippen LogP contribution in [-0.4, -0.2) is 34.7 Å². The normalized spacial score (nSPS) is 10.3. The predicted molar refractivity (Wildman–Crippen MR) is 95.8 cm³/mol. The van der Waals surface area contributed by atoms with Gasteiger partial charge in [0, 0.05) is 11.8 Å². The monoisotopic (exact) mass is 361 g/mol. The molecule has 0 unspecified atom stereocenters. The van der Waals surface area contributed by atoms with Crippen LogP contribution in [0.1, 0.15) is 18.2 Å². The van der Waals surface area contributed by atoms with Crippen LogP contribution in [0.2, 0.25) is 0 Å². The van der Waals surface area contributed by atoms with Gasteiger partial charge in [-0.2, -0.15) is 0 Å². The maximum atomic E-state index is 12.0. The Labute approximate surface area is 149 Å². The van der Waals surface area contributed by atoms with Gasteiger partial charge in [-0.15, -0.1) is 0 Å². The number of aromatic nitrogens is 2. The summed E-state index contributed by atoms with van der Waals surface area (Å²) >= 11 is 1.09. The van der Waals surface area contributed by atoms with Gasteiger partial charge < -0.3 is 15.0 Å². The third kappa shape index (κ3) is 6.07. The van der Waals surface area contributed by atoms with Crippen molar-refractivity contribution in [1.29, 1.82) is 0 Å². The number of amides is 1. The van der Waals surface area contributed by atoms with Gasteiger partial charge in [0.15, 0.2) is 5.16 Å². The lowest BCUT2D eigenvalue weighted by atomic mass is 10.1. The molecule has 132 valence electrons. The lowest BCUT2D eigenvalue weighted by Gasteiger charge is -2.06. The smallest absolute Gasteiger partial charge is 0.311 e. The maximum Gasteiger partial charge on any atom is 0.311 e. The first-order valence-electron chi connectivity index (χ1n) is 7.68. The van der Waals surface area contributed by atoms with E-state index in [1.54, 1.807) is 0 Å². The first-order chi connectivity index (χ1) is 12.0. The molecule has 2 N–H and O–H groups in total. The van der Waals surface area contributed by atoms with E-state index < -0.39 is 5.97 Å². The van der Waals surface area contributed by atoms with Crippen molar-refractivity contribution in [3.05, 3.63) is 51.9 Å². The largest absolute Gasteiger partial charge is 0.469 e. The molecule has 0 aliphatic rings. The zero-order chi connectivity index (χ0) is 18.2. The van der Waals surface area contributed by atoms with E-state index in [4.69, 9.17) is 0 Å². The molecule has 0 fully saturated rings. The number of hydrogen-bond acceptors (Lipinski definition) is 6. The molecule has 7 nitrogen and oxygen atoms in total. The van der Waals surface area contributed by atoms with Gasteiger partial charge in [-0.3, -0.25) is 14.4 Å². The van der Waals surface area contributed by atoms with Crippen molar-refractivity contribution in [2.24, 2.45) is 0 Å². The third-order valence-electron chi connectivity index (χ3n) is 3.31. The second kappa shape index (κ2) is 9.03. The number of aryl methyl sites for hydroxylation is 1. The van der Waals surface area contributed by atoms with Crippen LogP contribution in [0.3, 0.4) is 0 Å². The fourth-order valence-corrected chi connectivity index (χ4v) is 2.71. The molecule has 0 saturated carbocycles. The summed E-state index contributed by atoms with van der Waals surface area (Å²) in [5, 5.41) is 3.06. The molecule has 0 aliphatic carbocycles. The van der Waals surface area contributed by atoms with E-state index in [9.17, 15) is 14.4 Å². The summed E-state index contributed by atoms with van der Waals surface area (Å²) in [5.41, 5.74) is 1.82. The Bertz CT molecular complexity index is 802. The van der Waals surface area contributed by atoms with Gasteiger partial charge in [-0.25, -0.2) is 4.98 Å². The number of aromatic amines is 1. The van der Waals surface area contributed by atoms with E-state index in [1.807, 2.05) is 24.3 Å². The van der Waals surface area contributed by atoms with E-state index >= 15 is 0 Å². The van der Waals surface area contributed by atoms with E-state index in [0.29, 0.717) is 11.4 Å². The van der Waals surface area contributed by atoms with Gasteiger partial charge in [0.1, 0.15) is 0 Å². The van der Waals surface area contributed by atoms with Crippen molar-refractivity contribution in [3.8, 4) is 0 Å². The van der Waals surface area contributed by atoms with Crippen molar-refractivity contribution >= 4 is 29.3 Å². The van der Waals surface area contributed by atoms with Crippen LogP contribution in [0, 0.1) is 0 Å². The summed E-state index contributed by atoms with van der Waals surface area (Å²) in [6, 6.07) is 8.84. The number of hydrogen-bond donors (Lipinski definition) is 2. The molecular weight excluding hydrogens is 342 g/mol. The Morgan fingerprint density at radius 2 is 2.00 bits per heavy atom. The summed E-state index contributed by atoms with van der Waals surface area (Å²) in [6.45, 7) is 2.06. The molecule has 1 aromatic heterocycles. The molecular formula is C17H19N3O4S. The first kappa shape index (κ1) is 18.7. The molecule has 0 atom stereocenters. The molecule has 0 spiro atoms. The van der Waals surface area contributed by atoms with E-state index in [-0.39, 0.29) is 28.8 Å². The van der Waals surface area contributed by atoms with E-state index in [0.717, 1.165) is 18.2 Å². The second-order valence-corrected chi connectivity index (χ2v) is 6.15. The van der Waals surface area contributed by atoms with Crippen LogP contribution in [0.5, 0.6) is 0 Å².